The predicted octanol–water partition coefficient (Wildman–Crippen LogP) is 2.41. The van der Waals surface area contributed by atoms with Gasteiger partial charge in [0.05, 0.1) is 12.2 Å². The molecule has 0 unspecified atom stereocenters. The topological polar surface area (TPSA) is 225 Å². The Hall–Kier alpha value is -3.94. The van der Waals surface area contributed by atoms with Crippen molar-refractivity contribution < 1.29 is 39.2 Å². The van der Waals surface area contributed by atoms with Crippen LogP contribution in [0, 0.1) is 0 Å². The Balaban J connectivity index is 2.61. The van der Waals surface area contributed by atoms with E-state index in [4.69, 9.17) is 20.4 Å². The molecule has 1 rings (SSSR count). The Morgan fingerprint density at radius 2 is 1.84 bits per heavy atom. The second kappa shape index (κ2) is 16.7. The Bertz CT molecular complexity index is 992. The number of nitrogens with zero attached hydrogens (tertiary/aromatic N) is 4. The minimum absolute atomic E-state index is 0.175. The highest BCUT2D eigenvalue weighted by molar-refractivity contribution is 5.86. The second-order valence-electron chi connectivity index (χ2n) is 9.31. The van der Waals surface area contributed by atoms with E-state index in [0.717, 1.165) is 11.3 Å². The number of aromatic nitrogens is 1. The van der Waals surface area contributed by atoms with Crippen molar-refractivity contribution in [1.29, 1.82) is 0 Å². The lowest BCUT2D eigenvalue weighted by molar-refractivity contribution is -0.321. The molecule has 1 heterocycles. The summed E-state index contributed by atoms with van der Waals surface area (Å²) in [6.45, 7) is 6.29. The quantitative estimate of drug-likeness (QED) is 0.0487. The zero-order chi connectivity index (χ0) is 28.6. The number of pyridine rings is 1. The first-order valence-corrected chi connectivity index (χ1v) is 12.0. The summed E-state index contributed by atoms with van der Waals surface area (Å²) >= 11 is 0. The van der Waals surface area contributed by atoms with Crippen molar-refractivity contribution in [1.82, 2.24) is 20.9 Å². The lowest BCUT2D eigenvalue weighted by Crippen LogP contribution is -2.51. The van der Waals surface area contributed by atoms with Gasteiger partial charge in [-0.1, -0.05) is 5.11 Å². The summed E-state index contributed by atoms with van der Waals surface area (Å²) in [6.07, 6.45) is 2.14. The molecule has 0 spiro atoms. The molecule has 1 aromatic rings. The summed E-state index contributed by atoms with van der Waals surface area (Å²) in [4.78, 5) is 63.9. The van der Waals surface area contributed by atoms with Crippen LogP contribution in [-0.2, 0) is 37.2 Å². The van der Waals surface area contributed by atoms with Gasteiger partial charge >= 0.3 is 23.9 Å². The molecule has 2 atom stereocenters. The summed E-state index contributed by atoms with van der Waals surface area (Å²) in [5, 5.41) is 29.3. The van der Waals surface area contributed by atoms with Gasteiger partial charge in [-0.3, -0.25) is 14.7 Å². The fourth-order valence-electron chi connectivity index (χ4n) is 3.01. The average Bonchev–Trinajstić information content (AvgIpc) is 2.84. The number of hydrogen-bond acceptors (Lipinski definition) is 9. The number of amides is 2. The number of carboxylic acids is 2. The van der Waals surface area contributed by atoms with Crippen LogP contribution in [0.25, 0.3) is 10.4 Å². The summed E-state index contributed by atoms with van der Waals surface area (Å²) < 4.78 is 0. The number of carbonyl (C=O) groups is 4. The van der Waals surface area contributed by atoms with Crippen LogP contribution in [0.1, 0.15) is 64.1 Å². The smallest absolute Gasteiger partial charge is 0.364 e. The molecule has 0 radical (unpaired) electrons. The fourth-order valence-corrected chi connectivity index (χ4v) is 3.01. The zero-order valence-corrected chi connectivity index (χ0v) is 21.7. The molecule has 0 saturated heterocycles. The number of carboxylic acid groups (broad SMARTS) is 2. The highest BCUT2D eigenvalue weighted by atomic mass is 17.2. The fraction of sp³-hybridized carbons (Fsp3) is 0.609. The molecular weight excluding hydrogens is 502 g/mol. The number of hydrogen-bond donors (Lipinski definition) is 5. The third-order valence-electron chi connectivity index (χ3n) is 4.81. The molecule has 0 aliphatic heterocycles. The van der Waals surface area contributed by atoms with E-state index in [0.29, 0.717) is 25.9 Å². The lowest BCUT2D eigenvalue weighted by atomic mass is 10.1. The van der Waals surface area contributed by atoms with Crippen molar-refractivity contribution in [3.8, 4) is 0 Å². The molecule has 0 saturated carbocycles. The average molecular weight is 538 g/mol. The highest BCUT2D eigenvalue weighted by Gasteiger charge is 2.27. The van der Waals surface area contributed by atoms with Gasteiger partial charge in [0.15, 0.2) is 0 Å². The molecule has 15 heteroatoms. The van der Waals surface area contributed by atoms with E-state index >= 15 is 0 Å². The van der Waals surface area contributed by atoms with Crippen LogP contribution >= 0.6 is 0 Å². The van der Waals surface area contributed by atoms with Gasteiger partial charge in [0, 0.05) is 24.1 Å². The lowest BCUT2D eigenvalue weighted by Gasteiger charge is -2.22. The van der Waals surface area contributed by atoms with E-state index in [1.54, 1.807) is 33.0 Å². The number of aliphatic carboxylic acids is 2. The highest BCUT2D eigenvalue weighted by Crippen LogP contribution is 2.11. The van der Waals surface area contributed by atoms with Gasteiger partial charge in [-0.15, -0.1) is 0 Å². The first kappa shape index (κ1) is 32.1. The molecule has 5 N–H and O–H groups in total. The van der Waals surface area contributed by atoms with Crippen LogP contribution in [0.5, 0.6) is 0 Å². The van der Waals surface area contributed by atoms with Gasteiger partial charge in [-0.25, -0.2) is 14.4 Å². The number of carbonyl (C=O) groups excluding carboxylic acids is 2. The van der Waals surface area contributed by atoms with Crippen LogP contribution < -0.4 is 16.0 Å². The molecule has 210 valence electrons. The minimum Gasteiger partial charge on any atom is -0.481 e. The number of azide groups is 1. The van der Waals surface area contributed by atoms with Crippen molar-refractivity contribution in [3.05, 3.63) is 40.0 Å². The van der Waals surface area contributed by atoms with Crippen molar-refractivity contribution in [2.75, 3.05) is 6.54 Å². The summed E-state index contributed by atoms with van der Waals surface area (Å²) in [7, 11) is 0. The van der Waals surface area contributed by atoms with E-state index in [2.05, 4.69) is 31.0 Å². The van der Waals surface area contributed by atoms with Crippen LogP contribution in [0.3, 0.4) is 0 Å². The van der Waals surface area contributed by atoms with E-state index in [1.807, 2.05) is 6.07 Å². The van der Waals surface area contributed by atoms with Gasteiger partial charge in [-0.2, -0.15) is 4.89 Å². The maximum absolute atomic E-state index is 12.5. The molecule has 0 aliphatic rings. The Morgan fingerprint density at radius 1 is 1.13 bits per heavy atom. The van der Waals surface area contributed by atoms with Crippen molar-refractivity contribution in [2.24, 2.45) is 5.11 Å². The molecule has 1 aromatic heterocycles. The van der Waals surface area contributed by atoms with Gasteiger partial charge in [0.2, 0.25) is 0 Å². The normalized spacial score (nSPS) is 12.5. The Kier molecular flexibility index (Phi) is 14.1. The summed E-state index contributed by atoms with van der Waals surface area (Å²) in [5.41, 5.74) is 9.25. The number of urea groups is 1. The number of unbranched alkanes of at least 4 members (excludes halogenated alkanes) is 1. The van der Waals surface area contributed by atoms with Gasteiger partial charge in [-0.05, 0) is 76.2 Å². The third-order valence-corrected chi connectivity index (χ3v) is 4.81. The van der Waals surface area contributed by atoms with Crippen LogP contribution in [0.15, 0.2) is 23.4 Å². The number of rotatable bonds is 17. The van der Waals surface area contributed by atoms with Crippen LogP contribution in [0.4, 0.5) is 4.79 Å². The standard InChI is InChI=1S/C23H35N7O8/c1-23(2,3)38-37-21(35)18(29-22(36)28-17(20(33)34)7-8-19(31)32)6-4-5-10-25-14-16-12-15(9-11-26-16)13-27-30-24/h9,11-12,17-18,25H,4-8,10,13-14H2,1-3H3,(H,31,32)(H,33,34)(H2,28,29,36)/t17-,18-/m0/s1. The summed E-state index contributed by atoms with van der Waals surface area (Å²) in [5.74, 6) is -3.47. The SMILES string of the molecule is CC(C)(C)OOC(=O)[C@H](CCCCNCc1cc(CN=[N+]=[N-])ccn1)NC(=O)N[C@@H](CCC(=O)O)C(=O)O. The van der Waals surface area contributed by atoms with Crippen LogP contribution in [-0.4, -0.2) is 63.4 Å². The second-order valence-corrected chi connectivity index (χ2v) is 9.31. The molecule has 0 bridgehead atoms. The molecule has 15 nitrogen and oxygen atoms in total. The Morgan fingerprint density at radius 3 is 2.47 bits per heavy atom. The first-order chi connectivity index (χ1) is 17.9. The molecule has 38 heavy (non-hydrogen) atoms. The maximum atomic E-state index is 12.5. The molecule has 0 aliphatic carbocycles. The third kappa shape index (κ3) is 14.6. The van der Waals surface area contributed by atoms with Crippen molar-refractivity contribution in [2.45, 2.75) is 83.6 Å². The van der Waals surface area contributed by atoms with Gasteiger partial charge in [0.25, 0.3) is 0 Å². The van der Waals surface area contributed by atoms with Gasteiger partial charge in [0.1, 0.15) is 17.7 Å². The summed E-state index contributed by atoms with van der Waals surface area (Å²) in [6, 6.07) is 0.0494. The molecule has 0 aromatic carbocycles. The van der Waals surface area contributed by atoms with E-state index in [-0.39, 0.29) is 19.4 Å². The van der Waals surface area contributed by atoms with E-state index < -0.39 is 48.0 Å². The minimum atomic E-state index is -1.45. The zero-order valence-electron chi connectivity index (χ0n) is 21.7. The monoisotopic (exact) mass is 537 g/mol. The molecule has 0 fully saturated rings. The number of nitrogens with one attached hydrogen (secondary N) is 3. The van der Waals surface area contributed by atoms with E-state index in [9.17, 15) is 24.3 Å². The molecule has 2 amide bonds. The molecular formula is C23H35N7O8. The first-order valence-electron chi connectivity index (χ1n) is 12.0. The van der Waals surface area contributed by atoms with Crippen LogP contribution in [0.2, 0.25) is 0 Å². The van der Waals surface area contributed by atoms with Crippen molar-refractivity contribution in [3.63, 3.8) is 0 Å². The Labute approximate surface area is 219 Å². The maximum Gasteiger partial charge on any atom is 0.364 e. The van der Waals surface area contributed by atoms with Gasteiger partial charge < -0.3 is 26.2 Å². The largest absolute Gasteiger partial charge is 0.481 e. The van der Waals surface area contributed by atoms with Crippen molar-refractivity contribution >= 4 is 23.9 Å². The predicted molar refractivity (Wildman–Crippen MR) is 133 cm³/mol. The van der Waals surface area contributed by atoms with E-state index in [1.165, 1.54) is 0 Å².